The molecule has 68 valence electrons. The van der Waals surface area contributed by atoms with Crippen molar-refractivity contribution in [3.63, 3.8) is 0 Å². The molecular weight excluding hydrogens is 259 g/mol. The molecule has 0 heterocycles. The van der Waals surface area contributed by atoms with Gasteiger partial charge in [-0.3, -0.25) is 0 Å². The largest absolute Gasteiger partial charge is 2.00 e. The van der Waals surface area contributed by atoms with E-state index in [-0.39, 0.29) is 30.3 Å². The molecule has 0 aromatic rings. The molecule has 0 atom stereocenters. The van der Waals surface area contributed by atoms with Gasteiger partial charge in [0.1, 0.15) is 0 Å². The number of hydrogen-bond donors (Lipinski definition) is 0. The van der Waals surface area contributed by atoms with E-state index in [1.807, 2.05) is 0 Å². The van der Waals surface area contributed by atoms with Crippen molar-refractivity contribution in [2.45, 2.75) is 51.9 Å². The minimum Gasteiger partial charge on any atom is -0.550 e. The van der Waals surface area contributed by atoms with Crippen LogP contribution in [0.4, 0.5) is 0 Å². The molecule has 0 saturated heterocycles. The minimum absolute atomic E-state index is 0. The van der Waals surface area contributed by atoms with Gasteiger partial charge in [-0.05, 0) is 12.8 Å². The molecule has 2 radical (unpaired) electrons. The summed E-state index contributed by atoms with van der Waals surface area (Å²) in [6, 6.07) is 0. The first-order chi connectivity index (χ1) is 5.27. The molecule has 3 heteroatoms. The third-order valence-corrected chi connectivity index (χ3v) is 1.73. The maximum absolute atomic E-state index is 9.98. The van der Waals surface area contributed by atoms with Crippen molar-refractivity contribution in [1.29, 1.82) is 0 Å². The SMILES string of the molecule is CCCCCCCCC(=O)[O-].[Sn+2]. The molecular formula is C9H17O2Sn+. The van der Waals surface area contributed by atoms with Crippen molar-refractivity contribution in [3.05, 3.63) is 0 Å². The number of aliphatic carboxylic acids is 1. The number of rotatable bonds is 7. The predicted octanol–water partition coefficient (Wildman–Crippen LogP) is 1.11. The van der Waals surface area contributed by atoms with Crippen LogP contribution in [0.1, 0.15) is 51.9 Å². The van der Waals surface area contributed by atoms with E-state index in [1.165, 1.54) is 25.7 Å². The van der Waals surface area contributed by atoms with Crippen molar-refractivity contribution in [2.75, 3.05) is 0 Å². The molecule has 0 unspecified atom stereocenters. The van der Waals surface area contributed by atoms with Crippen LogP contribution in [0.15, 0.2) is 0 Å². The number of carbonyl (C=O) groups excluding carboxylic acids is 1. The molecule has 12 heavy (non-hydrogen) atoms. The van der Waals surface area contributed by atoms with Crippen molar-refractivity contribution in [1.82, 2.24) is 0 Å². The van der Waals surface area contributed by atoms with Crippen LogP contribution in [0.25, 0.3) is 0 Å². The first-order valence-electron chi connectivity index (χ1n) is 4.47. The molecule has 0 aromatic heterocycles. The van der Waals surface area contributed by atoms with Crippen LogP contribution in [0.3, 0.4) is 0 Å². The number of carbonyl (C=O) groups is 1. The minimum atomic E-state index is -0.916. The number of unbranched alkanes of at least 4 members (excludes halogenated alkanes) is 5. The maximum atomic E-state index is 9.98. The van der Waals surface area contributed by atoms with Gasteiger partial charge in [-0.2, -0.15) is 0 Å². The third-order valence-electron chi connectivity index (χ3n) is 1.73. The molecule has 0 bridgehead atoms. The Labute approximate surface area is 91.7 Å². The fraction of sp³-hybridized carbons (Fsp3) is 0.889. The van der Waals surface area contributed by atoms with Crippen molar-refractivity contribution in [3.8, 4) is 0 Å². The van der Waals surface area contributed by atoms with Crippen LogP contribution in [-0.4, -0.2) is 29.9 Å². The normalized spacial score (nSPS) is 9.08. The molecule has 0 amide bonds. The Morgan fingerprint density at radius 2 is 1.58 bits per heavy atom. The molecule has 0 saturated carbocycles. The zero-order valence-corrected chi connectivity index (χ0v) is 10.6. The first-order valence-corrected chi connectivity index (χ1v) is 4.47. The molecule has 0 spiro atoms. The number of carboxylic acids is 1. The maximum Gasteiger partial charge on any atom is 2.00 e. The third kappa shape index (κ3) is 12.9. The Morgan fingerprint density at radius 1 is 1.08 bits per heavy atom. The topological polar surface area (TPSA) is 40.1 Å². The molecule has 2 nitrogen and oxygen atoms in total. The quantitative estimate of drug-likeness (QED) is 0.516. The Morgan fingerprint density at radius 3 is 2.08 bits per heavy atom. The summed E-state index contributed by atoms with van der Waals surface area (Å²) < 4.78 is 0. The molecule has 0 aliphatic carbocycles. The predicted molar refractivity (Wildman–Crippen MR) is 48.8 cm³/mol. The Balaban J connectivity index is 0. The standard InChI is InChI=1S/C9H18O2.Sn/c1-2-3-4-5-6-7-8-9(10)11;/h2-8H2,1H3,(H,10,11);/q;+2/p-1. The van der Waals surface area contributed by atoms with Crippen LogP contribution in [-0.2, 0) is 4.79 Å². The van der Waals surface area contributed by atoms with Gasteiger partial charge >= 0.3 is 23.9 Å². The van der Waals surface area contributed by atoms with Gasteiger partial charge in [-0.1, -0.05) is 39.0 Å². The average molecular weight is 276 g/mol. The van der Waals surface area contributed by atoms with E-state index >= 15 is 0 Å². The second-order valence-corrected chi connectivity index (χ2v) is 2.89. The Hall–Kier alpha value is 0.269. The second-order valence-electron chi connectivity index (χ2n) is 2.89. The van der Waals surface area contributed by atoms with E-state index in [2.05, 4.69) is 6.92 Å². The van der Waals surface area contributed by atoms with Crippen LogP contribution < -0.4 is 5.11 Å². The fourth-order valence-corrected chi connectivity index (χ4v) is 1.05. The van der Waals surface area contributed by atoms with E-state index in [0.717, 1.165) is 12.8 Å². The van der Waals surface area contributed by atoms with Crippen molar-refractivity contribution < 1.29 is 9.90 Å². The molecule has 0 aromatic carbocycles. The first kappa shape index (κ1) is 14.8. The zero-order chi connectivity index (χ0) is 8.53. The van der Waals surface area contributed by atoms with Gasteiger partial charge in [-0.25, -0.2) is 0 Å². The van der Waals surface area contributed by atoms with E-state index in [4.69, 9.17) is 0 Å². The van der Waals surface area contributed by atoms with E-state index < -0.39 is 5.97 Å². The Bertz CT molecular complexity index is 105. The number of carboxylic acid groups (broad SMARTS) is 1. The molecule has 0 rings (SSSR count). The molecule has 0 N–H and O–H groups in total. The van der Waals surface area contributed by atoms with E-state index in [9.17, 15) is 9.90 Å². The van der Waals surface area contributed by atoms with Crippen LogP contribution >= 0.6 is 0 Å². The summed E-state index contributed by atoms with van der Waals surface area (Å²) in [5.41, 5.74) is 0. The van der Waals surface area contributed by atoms with E-state index in [1.54, 1.807) is 0 Å². The van der Waals surface area contributed by atoms with Crippen molar-refractivity contribution >= 4 is 29.9 Å². The van der Waals surface area contributed by atoms with Gasteiger partial charge in [0, 0.05) is 5.97 Å². The fourth-order valence-electron chi connectivity index (χ4n) is 1.05. The van der Waals surface area contributed by atoms with Crippen LogP contribution in [0, 0.1) is 0 Å². The average Bonchev–Trinajstić information content (AvgIpc) is 1.96. The van der Waals surface area contributed by atoms with Gasteiger partial charge in [-0.15, -0.1) is 0 Å². The summed E-state index contributed by atoms with van der Waals surface area (Å²) in [6.07, 6.45) is 6.96. The van der Waals surface area contributed by atoms with Gasteiger partial charge in [0.25, 0.3) is 0 Å². The Kier molecular flexibility index (Phi) is 13.9. The van der Waals surface area contributed by atoms with E-state index in [0.29, 0.717) is 0 Å². The summed E-state index contributed by atoms with van der Waals surface area (Å²) >= 11 is 0. The van der Waals surface area contributed by atoms with Crippen molar-refractivity contribution in [2.24, 2.45) is 0 Å². The van der Waals surface area contributed by atoms with Gasteiger partial charge in [0.15, 0.2) is 0 Å². The summed E-state index contributed by atoms with van der Waals surface area (Å²) in [7, 11) is 0. The molecule has 0 aliphatic rings. The van der Waals surface area contributed by atoms with Gasteiger partial charge in [0.05, 0.1) is 0 Å². The summed E-state index contributed by atoms with van der Waals surface area (Å²) in [6.45, 7) is 2.17. The smallest absolute Gasteiger partial charge is 0.550 e. The summed E-state index contributed by atoms with van der Waals surface area (Å²) in [4.78, 5) is 9.98. The van der Waals surface area contributed by atoms with Gasteiger partial charge < -0.3 is 9.90 Å². The second kappa shape index (κ2) is 11.3. The zero-order valence-electron chi connectivity index (χ0n) is 7.77. The van der Waals surface area contributed by atoms with Crippen LogP contribution in [0.5, 0.6) is 0 Å². The monoisotopic (exact) mass is 277 g/mol. The molecule has 0 fully saturated rings. The number of hydrogen-bond acceptors (Lipinski definition) is 2. The van der Waals surface area contributed by atoms with Gasteiger partial charge in [0.2, 0.25) is 0 Å². The molecule has 0 aliphatic heterocycles. The summed E-state index contributed by atoms with van der Waals surface area (Å²) in [5, 5.41) is 9.98. The summed E-state index contributed by atoms with van der Waals surface area (Å²) in [5.74, 6) is -0.916. The van der Waals surface area contributed by atoms with Crippen LogP contribution in [0.2, 0.25) is 0 Å².